The highest BCUT2D eigenvalue weighted by Gasteiger charge is 2.48. The number of rotatable bonds is 15. The van der Waals surface area contributed by atoms with Gasteiger partial charge in [0.15, 0.2) is 11.6 Å². The summed E-state index contributed by atoms with van der Waals surface area (Å²) in [6.07, 6.45) is 5.06. The molecule has 2 fully saturated rings. The van der Waals surface area contributed by atoms with E-state index in [1.165, 1.54) is 13.0 Å². The number of alkyl halides is 3. The maximum Gasteiger partial charge on any atom is 0.417 e. The molecule has 3 heterocycles. The minimum Gasteiger partial charge on any atom is -0.476 e. The highest BCUT2D eigenvalue weighted by molar-refractivity contribution is 7.19. The fourth-order valence-corrected chi connectivity index (χ4v) is 10.1. The third-order valence-corrected chi connectivity index (χ3v) is 13.9. The van der Waals surface area contributed by atoms with Crippen molar-refractivity contribution < 1.29 is 31.5 Å². The molecule has 2 saturated heterocycles. The van der Waals surface area contributed by atoms with E-state index in [4.69, 9.17) is 9.73 Å². The Morgan fingerprint density at radius 3 is 2.39 bits per heavy atom. The predicted molar refractivity (Wildman–Crippen MR) is 240 cm³/mol. The number of benzene rings is 1. The number of carbonyl (C=O) groups is 1. The van der Waals surface area contributed by atoms with Crippen LogP contribution in [0, 0.1) is 34.9 Å². The molecule has 0 radical (unpaired) electrons. The molecule has 0 saturated carbocycles. The number of ether oxygens (including phenoxy) is 1. The third kappa shape index (κ3) is 11.1. The summed E-state index contributed by atoms with van der Waals surface area (Å²) in [7, 11) is 1.87. The summed E-state index contributed by atoms with van der Waals surface area (Å²) >= 11 is 1.02. The summed E-state index contributed by atoms with van der Waals surface area (Å²) in [4.78, 5) is 19.5. The first-order valence-corrected chi connectivity index (χ1v) is 22.6. The van der Waals surface area contributed by atoms with Crippen molar-refractivity contribution in [2.24, 2.45) is 22.7 Å². The summed E-state index contributed by atoms with van der Waals surface area (Å²) in [5.41, 5.74) is -2.11. The van der Waals surface area contributed by atoms with Crippen molar-refractivity contribution in [3.63, 3.8) is 0 Å². The van der Waals surface area contributed by atoms with Gasteiger partial charge in [-0.3, -0.25) is 9.69 Å². The summed E-state index contributed by atoms with van der Waals surface area (Å²) in [5.74, 6) is -0.806. The molecule has 1 aromatic carbocycles. The Morgan fingerprint density at radius 1 is 1.16 bits per heavy atom. The molecule has 0 bridgehead atoms. The Balaban J connectivity index is 0.00000155. The largest absolute Gasteiger partial charge is 0.476 e. The van der Waals surface area contributed by atoms with Crippen molar-refractivity contribution in [3.8, 4) is 6.07 Å². The Hall–Kier alpha value is -4.08. The molecule has 2 aliphatic heterocycles. The molecule has 4 atom stereocenters. The minimum absolute atomic E-state index is 0.00623. The van der Waals surface area contributed by atoms with Gasteiger partial charge >= 0.3 is 6.18 Å². The molecule has 6 nitrogen and oxygen atoms in total. The van der Waals surface area contributed by atoms with Crippen LogP contribution in [-0.2, 0) is 9.53 Å². The lowest BCUT2D eigenvalue weighted by molar-refractivity contribution is -0.112. The van der Waals surface area contributed by atoms with Gasteiger partial charge in [-0.15, -0.1) is 11.3 Å². The van der Waals surface area contributed by atoms with Crippen molar-refractivity contribution in [3.05, 3.63) is 87.3 Å². The maximum absolute atomic E-state index is 17.9. The van der Waals surface area contributed by atoms with Gasteiger partial charge in [0.05, 0.1) is 21.4 Å². The fraction of sp³-hybridized carbons (Fsp3) is 0.571. The van der Waals surface area contributed by atoms with Gasteiger partial charge in [-0.1, -0.05) is 74.5 Å². The van der Waals surface area contributed by atoms with Gasteiger partial charge in [-0.25, -0.2) is 13.8 Å². The van der Waals surface area contributed by atoms with Crippen LogP contribution >= 0.6 is 11.3 Å². The van der Waals surface area contributed by atoms with Crippen LogP contribution in [0.25, 0.3) is 15.7 Å². The zero-order valence-electron chi connectivity index (χ0n) is 38.0. The Kier molecular flexibility index (Phi) is 17.0. The maximum atomic E-state index is 17.9. The lowest BCUT2D eigenvalue weighted by Gasteiger charge is -2.37. The number of hydrogen-bond acceptors (Lipinski definition) is 7. The van der Waals surface area contributed by atoms with E-state index < -0.39 is 29.0 Å². The van der Waals surface area contributed by atoms with Crippen LogP contribution in [0.3, 0.4) is 0 Å². The van der Waals surface area contributed by atoms with E-state index in [9.17, 15) is 10.1 Å². The molecule has 334 valence electrons. The molecular weight excluding hydrogens is 804 g/mol. The molecule has 1 aliphatic carbocycles. The topological polar surface area (TPSA) is 68.9 Å². The number of fused-ring (bicyclic) bond motifs is 2. The molecule has 5 rings (SSSR count). The van der Waals surface area contributed by atoms with Crippen LogP contribution in [0.15, 0.2) is 70.5 Å². The Labute approximate surface area is 364 Å². The molecule has 2 aromatic rings. The van der Waals surface area contributed by atoms with E-state index >= 15 is 22.0 Å². The number of carbonyl (C=O) groups excluding carboxylic acids is 1. The molecule has 0 N–H and O–H groups in total. The number of halogens is 5. The van der Waals surface area contributed by atoms with Crippen molar-refractivity contribution in [1.29, 1.82) is 5.26 Å². The average molecular weight is 869 g/mol. The molecule has 3 aliphatic rings. The van der Waals surface area contributed by atoms with Crippen LogP contribution < -0.4 is 0 Å². The molecular formula is C49H65F5N4O2S. The van der Waals surface area contributed by atoms with Gasteiger partial charge in [-0.05, 0) is 112 Å². The molecule has 0 spiro atoms. The Morgan fingerprint density at radius 2 is 1.84 bits per heavy atom. The molecule has 4 unspecified atom stereocenters. The summed E-state index contributed by atoms with van der Waals surface area (Å²) < 4.78 is 86.2. The van der Waals surface area contributed by atoms with Crippen molar-refractivity contribution in [2.75, 3.05) is 26.7 Å². The molecule has 12 heteroatoms. The van der Waals surface area contributed by atoms with E-state index in [2.05, 4.69) is 52.2 Å². The third-order valence-electron chi connectivity index (χ3n) is 12.4. The molecule has 1 aromatic heterocycles. The highest BCUT2D eigenvalue weighted by atomic mass is 32.1. The number of hydrogen-bond donors (Lipinski definition) is 0. The number of aliphatic imine (C=N–C) groups is 1. The van der Waals surface area contributed by atoms with Gasteiger partial charge in [-0.2, -0.15) is 18.4 Å². The standard InChI is InChI=1S/C45H59F5N4OS.C4H6O/c1-11-14-37(55-25-44-19-13-20-54(44)24-28(7)22-44)52-41-32(30(9)53(10)36(29(8)12-2)18-15-26(3)4)21-34(45(48,49)50)39(40(41)47)31-16-17-35(46)43-38(31)33(23-51)42(56-43)27(5)6;1-3-4(2)5/h14,16-17,21,26-29,36H,11-13,15,18-20,22,24-25H2,1-10H3;3H,1H2,2H3/b32-30+,37-14-,52-41+;. The number of nitrogens with zero attached hydrogens (tertiary/aromatic N) is 4. The first-order chi connectivity index (χ1) is 28.7. The van der Waals surface area contributed by atoms with E-state index in [1.807, 2.05) is 32.7 Å². The number of thiophene rings is 1. The second-order valence-electron chi connectivity index (χ2n) is 17.8. The summed E-state index contributed by atoms with van der Waals surface area (Å²) in [6, 6.07) is 4.30. The average Bonchev–Trinajstić information content (AvgIpc) is 3.88. The SMILES string of the molecule is C=CC(C)=O.CC/C=C(/N=C1/C(F)=C(c2ccc(F)c3sc(C(C)C)c(C#N)c23)C(C(F)(F)F)=C/C1=C(/C)N(C)C(CCC(C)C)C(C)CC)OCC12CCCN1CC(C)C2. The van der Waals surface area contributed by atoms with Crippen LogP contribution in [0.2, 0.25) is 0 Å². The highest BCUT2D eigenvalue weighted by Crippen LogP contribution is 2.49. The van der Waals surface area contributed by atoms with Gasteiger partial charge in [0.1, 0.15) is 24.2 Å². The second kappa shape index (κ2) is 20.9. The quantitative estimate of drug-likeness (QED) is 0.101. The summed E-state index contributed by atoms with van der Waals surface area (Å²) in [6.45, 7) is 25.0. The fourth-order valence-electron chi connectivity index (χ4n) is 8.95. The predicted octanol–water partition coefficient (Wildman–Crippen LogP) is 13.6. The second-order valence-corrected chi connectivity index (χ2v) is 18.8. The van der Waals surface area contributed by atoms with E-state index in [1.54, 1.807) is 13.0 Å². The van der Waals surface area contributed by atoms with Crippen LogP contribution in [0.1, 0.15) is 136 Å². The van der Waals surface area contributed by atoms with Gasteiger partial charge in [0.2, 0.25) is 5.88 Å². The zero-order chi connectivity index (χ0) is 45.6. The molecule has 0 amide bonds. The molecule has 61 heavy (non-hydrogen) atoms. The number of ketones is 1. The van der Waals surface area contributed by atoms with Gasteiger partial charge in [0, 0.05) is 46.7 Å². The monoisotopic (exact) mass is 868 g/mol. The first kappa shape index (κ1) is 49.6. The number of nitriles is 1. The number of allylic oxidation sites excluding steroid dienone is 8. The normalized spacial score (nSPS) is 22.2. The van der Waals surface area contributed by atoms with Crippen molar-refractivity contribution in [2.45, 2.75) is 138 Å². The van der Waals surface area contributed by atoms with Crippen LogP contribution in [0.4, 0.5) is 22.0 Å². The summed E-state index contributed by atoms with van der Waals surface area (Å²) in [5, 5.41) is 10.3. The smallest absolute Gasteiger partial charge is 0.417 e. The van der Waals surface area contributed by atoms with Crippen LogP contribution in [-0.4, -0.2) is 65.8 Å². The van der Waals surface area contributed by atoms with Crippen molar-refractivity contribution in [1.82, 2.24) is 9.80 Å². The minimum atomic E-state index is -5.01. The van der Waals surface area contributed by atoms with Gasteiger partial charge < -0.3 is 9.64 Å². The lowest BCUT2D eigenvalue weighted by atomic mass is 9.84. The van der Waals surface area contributed by atoms with E-state index in [-0.39, 0.29) is 67.6 Å². The van der Waals surface area contributed by atoms with E-state index in [0.717, 1.165) is 81.2 Å². The first-order valence-electron chi connectivity index (χ1n) is 21.7. The lowest BCUT2D eigenvalue weighted by Crippen LogP contribution is -2.42. The Bertz CT molecular complexity index is 2130. The van der Waals surface area contributed by atoms with Crippen LogP contribution in [0.5, 0.6) is 0 Å². The zero-order valence-corrected chi connectivity index (χ0v) is 38.8. The van der Waals surface area contributed by atoms with Gasteiger partial charge in [0.25, 0.3) is 0 Å². The van der Waals surface area contributed by atoms with Crippen molar-refractivity contribution >= 4 is 38.5 Å². The van der Waals surface area contributed by atoms with E-state index in [0.29, 0.717) is 35.4 Å².